The van der Waals surface area contributed by atoms with E-state index in [1.165, 1.54) is 36.4 Å². The van der Waals surface area contributed by atoms with Gasteiger partial charge in [0.15, 0.2) is 6.61 Å². The Morgan fingerprint density at radius 3 is 2.12 bits per heavy atom. The van der Waals surface area contributed by atoms with Crippen molar-refractivity contribution >= 4 is 23.5 Å². The highest BCUT2D eigenvalue weighted by atomic mass is 16.7. The summed E-state index contributed by atoms with van der Waals surface area (Å²) in [7, 11) is 0. The largest absolute Gasteiger partial charge is 0.459 e. The van der Waals surface area contributed by atoms with Gasteiger partial charge in [-0.1, -0.05) is 12.1 Å². The van der Waals surface area contributed by atoms with Gasteiger partial charge in [-0.2, -0.15) is 0 Å². The molecule has 9 nitrogen and oxygen atoms in total. The predicted molar refractivity (Wildman–Crippen MR) is 85.8 cm³/mol. The van der Waals surface area contributed by atoms with Gasteiger partial charge in [-0.3, -0.25) is 24.5 Å². The summed E-state index contributed by atoms with van der Waals surface area (Å²) >= 11 is 0. The number of nitro benzene ring substituents is 1. The molecule has 132 valence electrons. The molecule has 0 N–H and O–H groups in total. The van der Waals surface area contributed by atoms with E-state index in [-0.39, 0.29) is 23.4 Å². The summed E-state index contributed by atoms with van der Waals surface area (Å²) in [5.74, 6) is -2.08. The van der Waals surface area contributed by atoms with Crippen LogP contribution in [0.15, 0.2) is 48.5 Å². The summed E-state index contributed by atoms with van der Waals surface area (Å²) in [6, 6.07) is 11.7. The summed E-state index contributed by atoms with van der Waals surface area (Å²) in [5.41, 5.74) is 0.882. The van der Waals surface area contributed by atoms with E-state index in [1.807, 2.05) is 0 Å². The highest BCUT2D eigenvalue weighted by Crippen LogP contribution is 2.22. The van der Waals surface area contributed by atoms with Gasteiger partial charge in [0.25, 0.3) is 17.5 Å². The molecule has 0 aliphatic carbocycles. The Hall–Kier alpha value is -3.59. The molecular weight excluding hydrogens is 344 g/mol. The van der Waals surface area contributed by atoms with Crippen molar-refractivity contribution in [3.05, 3.63) is 75.3 Å². The SMILES string of the molecule is O=C(CON1C(=O)c2ccccc2C1=O)OCc1ccc([N+](=O)[O-])cc1. The van der Waals surface area contributed by atoms with Gasteiger partial charge in [0, 0.05) is 12.1 Å². The summed E-state index contributed by atoms with van der Waals surface area (Å²) in [5, 5.41) is 11.1. The summed E-state index contributed by atoms with van der Waals surface area (Å²) < 4.78 is 4.95. The Bertz CT molecular complexity index is 857. The molecule has 2 aromatic rings. The van der Waals surface area contributed by atoms with Crippen LogP contribution in [0.2, 0.25) is 0 Å². The van der Waals surface area contributed by atoms with Gasteiger partial charge >= 0.3 is 5.97 Å². The van der Waals surface area contributed by atoms with Crippen molar-refractivity contribution < 1.29 is 28.9 Å². The zero-order valence-electron chi connectivity index (χ0n) is 13.3. The molecule has 1 heterocycles. The van der Waals surface area contributed by atoms with Gasteiger partial charge in [-0.25, -0.2) is 4.79 Å². The molecule has 26 heavy (non-hydrogen) atoms. The van der Waals surface area contributed by atoms with E-state index >= 15 is 0 Å². The number of nitro groups is 1. The Balaban J connectivity index is 1.51. The Morgan fingerprint density at radius 2 is 1.58 bits per heavy atom. The van der Waals surface area contributed by atoms with Crippen molar-refractivity contribution in [1.29, 1.82) is 0 Å². The number of imide groups is 1. The van der Waals surface area contributed by atoms with Crippen LogP contribution >= 0.6 is 0 Å². The van der Waals surface area contributed by atoms with Gasteiger partial charge in [0.2, 0.25) is 0 Å². The number of carbonyl (C=O) groups is 3. The average Bonchev–Trinajstić information content (AvgIpc) is 2.89. The minimum atomic E-state index is -0.792. The molecule has 2 aromatic carbocycles. The topological polar surface area (TPSA) is 116 Å². The molecule has 3 rings (SSSR count). The Morgan fingerprint density at radius 1 is 1.00 bits per heavy atom. The van der Waals surface area contributed by atoms with E-state index in [4.69, 9.17) is 9.57 Å². The van der Waals surface area contributed by atoms with Crippen molar-refractivity contribution in [2.45, 2.75) is 6.61 Å². The number of hydroxylamine groups is 2. The molecule has 1 aliphatic heterocycles. The smallest absolute Gasteiger partial charge is 0.335 e. The van der Waals surface area contributed by atoms with Crippen molar-refractivity contribution in [2.24, 2.45) is 0 Å². The third-order valence-corrected chi connectivity index (χ3v) is 3.62. The molecule has 2 amide bonds. The first-order chi connectivity index (χ1) is 12.5. The predicted octanol–water partition coefficient (Wildman–Crippen LogP) is 1.87. The van der Waals surface area contributed by atoms with Crippen LogP contribution in [0.4, 0.5) is 5.69 Å². The monoisotopic (exact) mass is 356 g/mol. The minimum Gasteiger partial charge on any atom is -0.459 e. The highest BCUT2D eigenvalue weighted by molar-refractivity contribution is 6.20. The van der Waals surface area contributed by atoms with Crippen molar-refractivity contribution in [3.8, 4) is 0 Å². The number of esters is 1. The lowest BCUT2D eigenvalue weighted by Gasteiger charge is -2.12. The molecular formula is C17H12N2O7. The van der Waals surface area contributed by atoms with E-state index in [9.17, 15) is 24.5 Å². The van der Waals surface area contributed by atoms with Crippen LogP contribution in [0.3, 0.4) is 0 Å². The van der Waals surface area contributed by atoms with Crippen LogP contribution in [0.25, 0.3) is 0 Å². The standard InChI is InChI=1S/C17H12N2O7/c20-15(25-9-11-5-7-12(8-6-11)19(23)24)10-26-18-16(21)13-3-1-2-4-14(13)17(18)22/h1-8H,9-10H2. The van der Waals surface area contributed by atoms with E-state index < -0.39 is 29.3 Å². The molecule has 0 saturated heterocycles. The van der Waals surface area contributed by atoms with Gasteiger partial charge < -0.3 is 4.74 Å². The van der Waals surface area contributed by atoms with Crippen molar-refractivity contribution in [1.82, 2.24) is 5.06 Å². The second-order valence-electron chi connectivity index (χ2n) is 5.31. The molecule has 1 aliphatic rings. The highest BCUT2D eigenvalue weighted by Gasteiger charge is 2.36. The van der Waals surface area contributed by atoms with Crippen LogP contribution in [-0.2, 0) is 21.0 Å². The van der Waals surface area contributed by atoms with Crippen molar-refractivity contribution in [3.63, 3.8) is 0 Å². The quantitative estimate of drug-likeness (QED) is 0.336. The van der Waals surface area contributed by atoms with Crippen LogP contribution in [0.1, 0.15) is 26.3 Å². The third-order valence-electron chi connectivity index (χ3n) is 3.62. The van der Waals surface area contributed by atoms with Crippen LogP contribution in [-0.4, -0.2) is 34.4 Å². The molecule has 9 heteroatoms. The fraction of sp³-hybridized carbons (Fsp3) is 0.118. The lowest BCUT2D eigenvalue weighted by Crippen LogP contribution is -2.32. The number of rotatable bonds is 6. The molecule has 0 radical (unpaired) electrons. The van der Waals surface area contributed by atoms with Gasteiger partial charge in [0.1, 0.15) is 6.61 Å². The van der Waals surface area contributed by atoms with E-state index in [0.717, 1.165) is 0 Å². The summed E-state index contributed by atoms with van der Waals surface area (Å²) in [6.07, 6.45) is 0. The number of amides is 2. The van der Waals surface area contributed by atoms with Gasteiger partial charge in [0.05, 0.1) is 16.1 Å². The zero-order chi connectivity index (χ0) is 18.7. The lowest BCUT2D eigenvalue weighted by molar-refractivity contribution is -0.384. The normalized spacial score (nSPS) is 12.8. The summed E-state index contributed by atoms with van der Waals surface area (Å²) in [4.78, 5) is 50.9. The Kier molecular flexibility index (Phi) is 4.72. The fourth-order valence-corrected chi connectivity index (χ4v) is 2.32. The number of fused-ring (bicyclic) bond motifs is 1. The van der Waals surface area contributed by atoms with Crippen LogP contribution in [0.5, 0.6) is 0 Å². The number of benzene rings is 2. The van der Waals surface area contributed by atoms with Crippen LogP contribution < -0.4 is 0 Å². The second-order valence-corrected chi connectivity index (χ2v) is 5.31. The van der Waals surface area contributed by atoms with Crippen LogP contribution in [0, 0.1) is 10.1 Å². The lowest BCUT2D eigenvalue weighted by atomic mass is 10.1. The first kappa shape index (κ1) is 17.2. The first-order valence-corrected chi connectivity index (χ1v) is 7.47. The van der Waals surface area contributed by atoms with Gasteiger partial charge in [-0.05, 0) is 29.8 Å². The van der Waals surface area contributed by atoms with Crippen molar-refractivity contribution in [2.75, 3.05) is 6.61 Å². The van der Waals surface area contributed by atoms with E-state index in [1.54, 1.807) is 12.1 Å². The number of nitrogens with zero attached hydrogens (tertiary/aromatic N) is 2. The number of non-ortho nitro benzene ring substituents is 1. The number of hydrogen-bond donors (Lipinski definition) is 0. The minimum absolute atomic E-state index is 0.0750. The molecule has 0 spiro atoms. The first-order valence-electron chi connectivity index (χ1n) is 7.47. The molecule has 0 fully saturated rings. The average molecular weight is 356 g/mol. The maximum Gasteiger partial charge on any atom is 0.335 e. The Labute approximate surface area is 146 Å². The second kappa shape index (κ2) is 7.11. The molecule has 0 atom stereocenters. The molecule has 0 aromatic heterocycles. The maximum atomic E-state index is 12.1. The third kappa shape index (κ3) is 3.42. The van der Waals surface area contributed by atoms with E-state index in [0.29, 0.717) is 10.6 Å². The fourth-order valence-electron chi connectivity index (χ4n) is 2.32. The number of hydrogen-bond acceptors (Lipinski definition) is 7. The van der Waals surface area contributed by atoms with Gasteiger partial charge in [-0.15, -0.1) is 5.06 Å². The van der Waals surface area contributed by atoms with E-state index in [2.05, 4.69) is 0 Å². The number of carbonyl (C=O) groups excluding carboxylic acids is 3. The molecule has 0 bridgehead atoms. The molecule has 0 saturated carbocycles. The zero-order valence-corrected chi connectivity index (χ0v) is 13.3. The summed E-state index contributed by atoms with van der Waals surface area (Å²) in [6.45, 7) is -0.749. The maximum absolute atomic E-state index is 12.1. The molecule has 0 unspecified atom stereocenters. The number of ether oxygens (including phenoxy) is 1.